The highest BCUT2D eigenvalue weighted by atomic mass is 16.5. The van der Waals surface area contributed by atoms with E-state index in [1.165, 1.54) is 7.11 Å². The van der Waals surface area contributed by atoms with Crippen molar-refractivity contribution in [1.29, 1.82) is 5.26 Å². The van der Waals surface area contributed by atoms with Crippen molar-refractivity contribution in [3.05, 3.63) is 23.3 Å². The van der Waals surface area contributed by atoms with Gasteiger partial charge in [-0.05, 0) is 19.1 Å². The van der Waals surface area contributed by atoms with Gasteiger partial charge in [0.1, 0.15) is 0 Å². The molecule has 1 atom stereocenters. The SMILES string of the molecule is COc1ccc(C#N)c([C@@H](C)N2CCNCC2)c1O. The van der Waals surface area contributed by atoms with Gasteiger partial charge in [0.25, 0.3) is 0 Å². The minimum absolute atomic E-state index is 0.00755. The Kier molecular flexibility index (Phi) is 4.25. The average Bonchev–Trinajstić information content (AvgIpc) is 2.47. The average molecular weight is 261 g/mol. The fourth-order valence-electron chi connectivity index (χ4n) is 2.53. The van der Waals surface area contributed by atoms with Crippen molar-refractivity contribution in [2.24, 2.45) is 0 Å². The van der Waals surface area contributed by atoms with Crippen LogP contribution >= 0.6 is 0 Å². The highest BCUT2D eigenvalue weighted by molar-refractivity contribution is 5.55. The topological polar surface area (TPSA) is 68.5 Å². The number of nitrogens with one attached hydrogen (secondary N) is 1. The van der Waals surface area contributed by atoms with Crippen LogP contribution in [-0.4, -0.2) is 43.3 Å². The van der Waals surface area contributed by atoms with Crippen molar-refractivity contribution >= 4 is 0 Å². The molecule has 0 unspecified atom stereocenters. The normalized spacial score (nSPS) is 17.7. The number of hydrogen-bond donors (Lipinski definition) is 2. The Hall–Kier alpha value is -1.77. The molecule has 1 aliphatic rings. The predicted octanol–water partition coefficient (Wildman–Crippen LogP) is 1.24. The molecule has 0 saturated carbocycles. The monoisotopic (exact) mass is 261 g/mol. The van der Waals surface area contributed by atoms with Gasteiger partial charge in [-0.1, -0.05) is 0 Å². The van der Waals surface area contributed by atoms with Gasteiger partial charge in [0, 0.05) is 37.8 Å². The molecule has 5 nitrogen and oxygen atoms in total. The van der Waals surface area contributed by atoms with Crippen LogP contribution in [0.15, 0.2) is 12.1 Å². The summed E-state index contributed by atoms with van der Waals surface area (Å²) >= 11 is 0. The lowest BCUT2D eigenvalue weighted by molar-refractivity contribution is 0.182. The second kappa shape index (κ2) is 5.91. The van der Waals surface area contributed by atoms with Gasteiger partial charge in [-0.2, -0.15) is 5.26 Å². The van der Waals surface area contributed by atoms with E-state index < -0.39 is 0 Å². The van der Waals surface area contributed by atoms with Crippen molar-refractivity contribution in [3.8, 4) is 17.6 Å². The molecule has 1 heterocycles. The summed E-state index contributed by atoms with van der Waals surface area (Å²) in [5.41, 5.74) is 1.16. The molecule has 0 radical (unpaired) electrons. The van der Waals surface area contributed by atoms with Gasteiger partial charge < -0.3 is 15.2 Å². The summed E-state index contributed by atoms with van der Waals surface area (Å²) in [6.45, 7) is 5.68. The van der Waals surface area contributed by atoms with Crippen LogP contribution < -0.4 is 10.1 Å². The van der Waals surface area contributed by atoms with Gasteiger partial charge in [0.05, 0.1) is 18.7 Å². The third-order valence-electron chi connectivity index (χ3n) is 3.64. The Morgan fingerprint density at radius 3 is 2.68 bits per heavy atom. The first-order valence-electron chi connectivity index (χ1n) is 6.43. The second-order valence-electron chi connectivity index (χ2n) is 4.65. The highest BCUT2D eigenvalue weighted by Crippen LogP contribution is 2.38. The maximum atomic E-state index is 10.3. The molecular weight excluding hydrogens is 242 g/mol. The van der Waals surface area contributed by atoms with E-state index in [1.807, 2.05) is 6.92 Å². The Labute approximate surface area is 113 Å². The Bertz CT molecular complexity index is 490. The van der Waals surface area contributed by atoms with E-state index in [4.69, 9.17) is 4.74 Å². The van der Waals surface area contributed by atoms with Crippen LogP contribution in [-0.2, 0) is 0 Å². The molecule has 5 heteroatoms. The Balaban J connectivity index is 2.38. The van der Waals surface area contributed by atoms with Gasteiger partial charge in [-0.25, -0.2) is 0 Å². The second-order valence-corrected chi connectivity index (χ2v) is 4.65. The number of phenolic OH excluding ortho intramolecular Hbond substituents is 1. The molecule has 0 bridgehead atoms. The maximum Gasteiger partial charge on any atom is 0.163 e. The largest absolute Gasteiger partial charge is 0.504 e. The molecule has 1 aromatic carbocycles. The zero-order valence-corrected chi connectivity index (χ0v) is 11.3. The molecule has 1 fully saturated rings. The number of benzene rings is 1. The van der Waals surface area contributed by atoms with E-state index in [1.54, 1.807) is 12.1 Å². The quantitative estimate of drug-likeness (QED) is 0.856. The number of phenols is 1. The number of methoxy groups -OCH3 is 1. The van der Waals surface area contributed by atoms with E-state index in [-0.39, 0.29) is 11.8 Å². The van der Waals surface area contributed by atoms with Crippen molar-refractivity contribution in [2.75, 3.05) is 33.3 Å². The first-order valence-corrected chi connectivity index (χ1v) is 6.43. The van der Waals surface area contributed by atoms with E-state index >= 15 is 0 Å². The fraction of sp³-hybridized carbons (Fsp3) is 0.500. The molecule has 1 saturated heterocycles. The summed E-state index contributed by atoms with van der Waals surface area (Å²) in [6, 6.07) is 5.47. The highest BCUT2D eigenvalue weighted by Gasteiger charge is 2.24. The summed E-state index contributed by atoms with van der Waals surface area (Å²) in [6.07, 6.45) is 0. The van der Waals surface area contributed by atoms with Gasteiger partial charge in [0.15, 0.2) is 11.5 Å². The van der Waals surface area contributed by atoms with Gasteiger partial charge >= 0.3 is 0 Å². The first-order chi connectivity index (χ1) is 9.19. The molecular formula is C14H19N3O2. The van der Waals surface area contributed by atoms with Crippen molar-refractivity contribution in [3.63, 3.8) is 0 Å². The molecule has 102 valence electrons. The number of aromatic hydroxyl groups is 1. The van der Waals surface area contributed by atoms with E-state index in [2.05, 4.69) is 16.3 Å². The van der Waals surface area contributed by atoms with Crippen LogP contribution in [0.5, 0.6) is 11.5 Å². The lowest BCUT2D eigenvalue weighted by Crippen LogP contribution is -2.44. The van der Waals surface area contributed by atoms with Crippen LogP contribution in [0.4, 0.5) is 0 Å². The lowest BCUT2D eigenvalue weighted by Gasteiger charge is -2.33. The standard InChI is InChI=1S/C14H19N3O2/c1-10(17-7-5-16-6-8-17)13-11(9-15)3-4-12(19-2)14(13)18/h3-4,10,16,18H,5-8H2,1-2H3/t10-/m1/s1. The van der Waals surface area contributed by atoms with Gasteiger partial charge in [-0.15, -0.1) is 0 Å². The summed E-state index contributed by atoms with van der Waals surface area (Å²) in [5, 5.41) is 22.8. The number of rotatable bonds is 3. The van der Waals surface area contributed by atoms with Crippen molar-refractivity contribution in [1.82, 2.24) is 10.2 Å². The maximum absolute atomic E-state index is 10.3. The van der Waals surface area contributed by atoms with E-state index in [9.17, 15) is 10.4 Å². The number of ether oxygens (including phenoxy) is 1. The third-order valence-corrected chi connectivity index (χ3v) is 3.64. The summed E-state index contributed by atoms with van der Waals surface area (Å²) < 4.78 is 5.13. The summed E-state index contributed by atoms with van der Waals surface area (Å²) in [7, 11) is 1.51. The molecule has 2 rings (SSSR count). The minimum atomic E-state index is -0.00755. The zero-order chi connectivity index (χ0) is 13.8. The first kappa shape index (κ1) is 13.7. The van der Waals surface area contributed by atoms with Gasteiger partial charge in [0.2, 0.25) is 0 Å². The lowest BCUT2D eigenvalue weighted by atomic mass is 9.98. The van der Waals surface area contributed by atoms with Crippen molar-refractivity contribution in [2.45, 2.75) is 13.0 Å². The van der Waals surface area contributed by atoms with Crippen LogP contribution in [0.1, 0.15) is 24.1 Å². The van der Waals surface area contributed by atoms with E-state index in [0.29, 0.717) is 16.9 Å². The minimum Gasteiger partial charge on any atom is -0.504 e. The van der Waals surface area contributed by atoms with Crippen molar-refractivity contribution < 1.29 is 9.84 Å². The van der Waals surface area contributed by atoms with E-state index in [0.717, 1.165) is 26.2 Å². The molecule has 0 aromatic heterocycles. The molecule has 19 heavy (non-hydrogen) atoms. The predicted molar refractivity (Wildman–Crippen MR) is 72.2 cm³/mol. The molecule has 0 amide bonds. The summed E-state index contributed by atoms with van der Waals surface area (Å²) in [5.74, 6) is 0.489. The number of nitriles is 1. The van der Waals surface area contributed by atoms with Crippen LogP contribution in [0.2, 0.25) is 0 Å². The van der Waals surface area contributed by atoms with Crippen LogP contribution in [0.25, 0.3) is 0 Å². The molecule has 1 aromatic rings. The Morgan fingerprint density at radius 1 is 1.42 bits per heavy atom. The number of piperazine rings is 1. The molecule has 2 N–H and O–H groups in total. The number of hydrogen-bond acceptors (Lipinski definition) is 5. The Morgan fingerprint density at radius 2 is 2.11 bits per heavy atom. The van der Waals surface area contributed by atoms with Crippen LogP contribution in [0, 0.1) is 11.3 Å². The molecule has 1 aliphatic heterocycles. The smallest absolute Gasteiger partial charge is 0.163 e. The molecule has 0 aliphatic carbocycles. The zero-order valence-electron chi connectivity index (χ0n) is 11.3. The number of nitrogens with zero attached hydrogens (tertiary/aromatic N) is 2. The summed E-state index contributed by atoms with van der Waals surface area (Å²) in [4.78, 5) is 2.26. The third kappa shape index (κ3) is 2.65. The fourth-order valence-corrected chi connectivity index (χ4v) is 2.53. The molecule has 0 spiro atoms. The van der Waals surface area contributed by atoms with Gasteiger partial charge in [-0.3, -0.25) is 4.90 Å². The van der Waals surface area contributed by atoms with Crippen LogP contribution in [0.3, 0.4) is 0 Å².